The highest BCUT2D eigenvalue weighted by Crippen LogP contribution is 2.30. The molecule has 0 radical (unpaired) electrons. The molecule has 1 saturated heterocycles. The highest BCUT2D eigenvalue weighted by Gasteiger charge is 2.25. The Hall–Kier alpha value is -1.40. The minimum atomic E-state index is 0.438. The van der Waals surface area contributed by atoms with Gasteiger partial charge < -0.3 is 0 Å². The minimum Gasteiger partial charge on any atom is -0.290 e. The summed E-state index contributed by atoms with van der Waals surface area (Å²) in [6.07, 6.45) is 9.47. The van der Waals surface area contributed by atoms with Crippen LogP contribution in [0.1, 0.15) is 17.2 Å². The van der Waals surface area contributed by atoms with Crippen LogP contribution >= 0.6 is 11.8 Å². The van der Waals surface area contributed by atoms with Crippen LogP contribution in [-0.2, 0) is 13.6 Å². The smallest absolute Gasteiger partial charge is 0.115 e. The van der Waals surface area contributed by atoms with E-state index in [4.69, 9.17) is 0 Å². The van der Waals surface area contributed by atoms with E-state index in [-0.39, 0.29) is 0 Å². The van der Waals surface area contributed by atoms with Gasteiger partial charge in [0.1, 0.15) is 6.33 Å². The highest BCUT2D eigenvalue weighted by molar-refractivity contribution is 7.99. The van der Waals surface area contributed by atoms with Crippen molar-refractivity contribution < 1.29 is 0 Å². The molecule has 3 rings (SSSR count). The molecule has 100 valence electrons. The first-order valence-corrected chi connectivity index (χ1v) is 7.52. The van der Waals surface area contributed by atoms with E-state index in [1.807, 2.05) is 42.1 Å². The minimum absolute atomic E-state index is 0.438. The van der Waals surface area contributed by atoms with Crippen molar-refractivity contribution in [2.75, 3.05) is 18.1 Å². The Bertz CT molecular complexity index is 527. The van der Waals surface area contributed by atoms with Crippen molar-refractivity contribution in [1.82, 2.24) is 24.6 Å². The van der Waals surface area contributed by atoms with Crippen LogP contribution in [0.3, 0.4) is 0 Å². The van der Waals surface area contributed by atoms with E-state index in [1.165, 1.54) is 16.9 Å². The molecule has 0 aromatic carbocycles. The standard InChI is InChI=1S/C13H17N5S/c1-17-8-12(6-16-17)13-9-19-3-2-18(13)7-11-4-14-10-15-5-11/h4-6,8,10,13H,2-3,7,9H2,1H3/t13-/m1/s1. The maximum Gasteiger partial charge on any atom is 0.115 e. The van der Waals surface area contributed by atoms with Gasteiger partial charge in [0, 0.05) is 67.4 Å². The van der Waals surface area contributed by atoms with Gasteiger partial charge in [0.05, 0.1) is 6.20 Å². The predicted octanol–water partition coefficient (Wildman–Crippen LogP) is 1.50. The summed E-state index contributed by atoms with van der Waals surface area (Å²) in [5.41, 5.74) is 2.47. The fourth-order valence-electron chi connectivity index (χ4n) is 2.39. The molecular weight excluding hydrogens is 258 g/mol. The third-order valence-electron chi connectivity index (χ3n) is 3.35. The van der Waals surface area contributed by atoms with Crippen molar-refractivity contribution in [3.8, 4) is 0 Å². The van der Waals surface area contributed by atoms with Gasteiger partial charge in [0.25, 0.3) is 0 Å². The van der Waals surface area contributed by atoms with Crippen LogP contribution in [0.2, 0.25) is 0 Å². The van der Waals surface area contributed by atoms with Crippen LogP contribution < -0.4 is 0 Å². The maximum atomic E-state index is 4.29. The summed E-state index contributed by atoms with van der Waals surface area (Å²) in [4.78, 5) is 10.7. The third kappa shape index (κ3) is 2.96. The van der Waals surface area contributed by atoms with Gasteiger partial charge in [0.15, 0.2) is 0 Å². The van der Waals surface area contributed by atoms with Gasteiger partial charge >= 0.3 is 0 Å². The largest absolute Gasteiger partial charge is 0.290 e. The normalized spacial score (nSPS) is 20.6. The lowest BCUT2D eigenvalue weighted by atomic mass is 10.1. The fraction of sp³-hybridized carbons (Fsp3) is 0.462. The summed E-state index contributed by atoms with van der Waals surface area (Å²) in [6.45, 7) is 2.00. The second kappa shape index (κ2) is 5.71. The molecule has 0 bridgehead atoms. The van der Waals surface area contributed by atoms with Crippen LogP contribution in [0, 0.1) is 0 Å². The summed E-state index contributed by atoms with van der Waals surface area (Å²) in [5.74, 6) is 2.31. The van der Waals surface area contributed by atoms with Crippen molar-refractivity contribution in [2.24, 2.45) is 7.05 Å². The van der Waals surface area contributed by atoms with Gasteiger partial charge in [-0.3, -0.25) is 9.58 Å². The molecular formula is C13H17N5S. The number of aromatic nitrogens is 4. The molecule has 0 N–H and O–H groups in total. The van der Waals surface area contributed by atoms with Crippen molar-refractivity contribution in [3.63, 3.8) is 0 Å². The number of nitrogens with zero attached hydrogens (tertiary/aromatic N) is 5. The molecule has 6 heteroatoms. The number of hydrogen-bond acceptors (Lipinski definition) is 5. The Labute approximate surface area is 117 Å². The maximum absolute atomic E-state index is 4.29. The summed E-state index contributed by atoms with van der Waals surface area (Å²) >= 11 is 2.01. The lowest BCUT2D eigenvalue weighted by Gasteiger charge is -2.34. The number of rotatable bonds is 3. The Morgan fingerprint density at radius 3 is 2.89 bits per heavy atom. The molecule has 1 atom stereocenters. The summed E-state index contributed by atoms with van der Waals surface area (Å²) in [6, 6.07) is 0.438. The monoisotopic (exact) mass is 275 g/mol. The summed E-state index contributed by atoms with van der Waals surface area (Å²) in [5, 5.41) is 4.29. The second-order valence-corrected chi connectivity index (χ2v) is 5.91. The molecule has 5 nitrogen and oxygen atoms in total. The predicted molar refractivity (Wildman–Crippen MR) is 75.7 cm³/mol. The lowest BCUT2D eigenvalue weighted by Crippen LogP contribution is -2.35. The summed E-state index contributed by atoms with van der Waals surface area (Å²) in [7, 11) is 1.97. The molecule has 0 spiro atoms. The van der Waals surface area contributed by atoms with E-state index in [1.54, 1.807) is 6.33 Å². The number of thioether (sulfide) groups is 1. The molecule has 1 aliphatic heterocycles. The van der Waals surface area contributed by atoms with Crippen LogP contribution in [0.4, 0.5) is 0 Å². The highest BCUT2D eigenvalue weighted by atomic mass is 32.2. The SMILES string of the molecule is Cn1cc([C@H]2CSCCN2Cc2cncnc2)cn1. The molecule has 2 aromatic rings. The lowest BCUT2D eigenvalue weighted by molar-refractivity contribution is 0.211. The van der Waals surface area contributed by atoms with E-state index in [0.29, 0.717) is 6.04 Å². The topological polar surface area (TPSA) is 46.8 Å². The molecule has 19 heavy (non-hydrogen) atoms. The average molecular weight is 275 g/mol. The number of hydrogen-bond donors (Lipinski definition) is 0. The first-order valence-electron chi connectivity index (χ1n) is 6.37. The molecule has 3 heterocycles. The Kier molecular flexibility index (Phi) is 3.79. The quantitative estimate of drug-likeness (QED) is 0.849. The zero-order chi connectivity index (χ0) is 13.1. The van der Waals surface area contributed by atoms with Gasteiger partial charge in [-0.1, -0.05) is 0 Å². The van der Waals surface area contributed by atoms with E-state index < -0.39 is 0 Å². The van der Waals surface area contributed by atoms with Crippen LogP contribution in [0.5, 0.6) is 0 Å². The Balaban J connectivity index is 1.77. The van der Waals surface area contributed by atoms with Crippen LogP contribution in [-0.4, -0.2) is 42.7 Å². The van der Waals surface area contributed by atoms with Crippen LogP contribution in [0.25, 0.3) is 0 Å². The van der Waals surface area contributed by atoms with E-state index in [9.17, 15) is 0 Å². The fourth-order valence-corrected chi connectivity index (χ4v) is 3.55. The van der Waals surface area contributed by atoms with Crippen molar-refractivity contribution in [2.45, 2.75) is 12.6 Å². The average Bonchev–Trinajstić information content (AvgIpc) is 2.87. The molecule has 0 saturated carbocycles. The zero-order valence-electron chi connectivity index (χ0n) is 10.9. The molecule has 0 aliphatic carbocycles. The van der Waals surface area contributed by atoms with Crippen molar-refractivity contribution >= 4 is 11.8 Å². The Morgan fingerprint density at radius 2 is 2.16 bits per heavy atom. The van der Waals surface area contributed by atoms with Crippen molar-refractivity contribution in [3.05, 3.63) is 42.2 Å². The van der Waals surface area contributed by atoms with Gasteiger partial charge in [-0.25, -0.2) is 9.97 Å². The first kappa shape index (κ1) is 12.6. The summed E-state index contributed by atoms with van der Waals surface area (Å²) < 4.78 is 1.87. The number of aryl methyl sites for hydroxylation is 1. The molecule has 0 unspecified atom stereocenters. The Morgan fingerprint density at radius 1 is 1.32 bits per heavy atom. The van der Waals surface area contributed by atoms with E-state index in [2.05, 4.69) is 26.2 Å². The molecule has 2 aromatic heterocycles. The zero-order valence-corrected chi connectivity index (χ0v) is 11.8. The molecule has 1 fully saturated rings. The van der Waals surface area contributed by atoms with E-state index >= 15 is 0 Å². The van der Waals surface area contributed by atoms with Gasteiger partial charge in [0.2, 0.25) is 0 Å². The second-order valence-electron chi connectivity index (χ2n) is 4.76. The van der Waals surface area contributed by atoms with Crippen LogP contribution in [0.15, 0.2) is 31.1 Å². The molecule has 1 aliphatic rings. The molecule has 0 amide bonds. The van der Waals surface area contributed by atoms with Crippen molar-refractivity contribution in [1.29, 1.82) is 0 Å². The van der Waals surface area contributed by atoms with Gasteiger partial charge in [-0.15, -0.1) is 0 Å². The van der Waals surface area contributed by atoms with Gasteiger partial charge in [-0.05, 0) is 0 Å². The first-order chi connectivity index (χ1) is 9.33. The van der Waals surface area contributed by atoms with Gasteiger partial charge in [-0.2, -0.15) is 16.9 Å². The van der Waals surface area contributed by atoms with E-state index in [0.717, 1.165) is 18.8 Å². The third-order valence-corrected chi connectivity index (χ3v) is 4.37.